The Bertz CT molecular complexity index is 501. The van der Waals surface area contributed by atoms with E-state index in [9.17, 15) is 0 Å². The van der Waals surface area contributed by atoms with Crippen molar-refractivity contribution < 1.29 is 0 Å². The number of hydrogen-bond donors (Lipinski definition) is 0. The number of fused-ring (bicyclic) bond motifs is 1. The van der Waals surface area contributed by atoms with E-state index in [1.165, 1.54) is 16.5 Å². The standard InChI is InChI=1S/C13H18N2/c1-9-6-10-11(13(2,3)4)8-15(5)12(10)14-7-9/h6-8H,1-5H3. The van der Waals surface area contributed by atoms with Crippen molar-refractivity contribution in [3.05, 3.63) is 29.6 Å². The zero-order valence-electron chi connectivity index (χ0n) is 10.1. The minimum atomic E-state index is 0.176. The van der Waals surface area contributed by atoms with Gasteiger partial charge in [-0.05, 0) is 29.5 Å². The summed E-state index contributed by atoms with van der Waals surface area (Å²) in [6, 6.07) is 2.23. The summed E-state index contributed by atoms with van der Waals surface area (Å²) in [4.78, 5) is 4.48. The van der Waals surface area contributed by atoms with Crippen LogP contribution in [0.2, 0.25) is 0 Å². The fraction of sp³-hybridized carbons (Fsp3) is 0.462. The van der Waals surface area contributed by atoms with Crippen LogP contribution in [0.1, 0.15) is 31.9 Å². The average molecular weight is 202 g/mol. The van der Waals surface area contributed by atoms with Gasteiger partial charge in [0, 0.05) is 24.8 Å². The van der Waals surface area contributed by atoms with Gasteiger partial charge < -0.3 is 4.57 Å². The second kappa shape index (κ2) is 3.09. The van der Waals surface area contributed by atoms with Crippen LogP contribution in [0.5, 0.6) is 0 Å². The third-order valence-corrected chi connectivity index (χ3v) is 2.76. The minimum absolute atomic E-state index is 0.176. The molecule has 0 amide bonds. The molecule has 0 N–H and O–H groups in total. The fourth-order valence-corrected chi connectivity index (χ4v) is 1.96. The molecule has 0 aliphatic rings. The summed E-state index contributed by atoms with van der Waals surface area (Å²) < 4.78 is 2.11. The Kier molecular flexibility index (Phi) is 2.10. The smallest absolute Gasteiger partial charge is 0.139 e. The highest BCUT2D eigenvalue weighted by molar-refractivity contribution is 5.82. The Hall–Kier alpha value is -1.31. The zero-order valence-corrected chi connectivity index (χ0v) is 10.1. The first-order valence-electron chi connectivity index (χ1n) is 5.32. The molecule has 0 aliphatic heterocycles. The maximum Gasteiger partial charge on any atom is 0.139 e. The van der Waals surface area contributed by atoms with Crippen molar-refractivity contribution in [1.82, 2.24) is 9.55 Å². The van der Waals surface area contributed by atoms with Gasteiger partial charge in [0.25, 0.3) is 0 Å². The number of aromatic nitrogens is 2. The van der Waals surface area contributed by atoms with E-state index in [0.717, 1.165) is 5.65 Å². The summed E-state index contributed by atoms with van der Waals surface area (Å²) in [5, 5.41) is 1.28. The molecule has 80 valence electrons. The maximum atomic E-state index is 4.48. The van der Waals surface area contributed by atoms with Crippen LogP contribution in [0.3, 0.4) is 0 Å². The third-order valence-electron chi connectivity index (χ3n) is 2.76. The van der Waals surface area contributed by atoms with Crippen molar-refractivity contribution in [1.29, 1.82) is 0 Å². The van der Waals surface area contributed by atoms with Crippen molar-refractivity contribution in [2.45, 2.75) is 33.1 Å². The van der Waals surface area contributed by atoms with Crippen LogP contribution >= 0.6 is 0 Å². The lowest BCUT2D eigenvalue weighted by Gasteiger charge is -2.17. The second-order valence-corrected chi connectivity index (χ2v) is 5.29. The van der Waals surface area contributed by atoms with E-state index >= 15 is 0 Å². The SMILES string of the molecule is Cc1cnc2c(c1)c(C(C)(C)C)cn2C. The lowest BCUT2D eigenvalue weighted by molar-refractivity contribution is 0.593. The Morgan fingerprint density at radius 2 is 1.93 bits per heavy atom. The lowest BCUT2D eigenvalue weighted by Crippen LogP contribution is -2.10. The normalized spacial score (nSPS) is 12.3. The molecule has 2 rings (SSSR count). The molecule has 15 heavy (non-hydrogen) atoms. The highest BCUT2D eigenvalue weighted by Crippen LogP contribution is 2.30. The molecule has 0 bridgehead atoms. The number of rotatable bonds is 0. The van der Waals surface area contributed by atoms with E-state index in [1.807, 2.05) is 6.20 Å². The fourth-order valence-electron chi connectivity index (χ4n) is 1.96. The molecule has 0 saturated heterocycles. The summed E-state index contributed by atoms with van der Waals surface area (Å²) in [5.41, 5.74) is 3.84. The monoisotopic (exact) mass is 202 g/mol. The van der Waals surface area contributed by atoms with Crippen molar-refractivity contribution >= 4 is 11.0 Å². The van der Waals surface area contributed by atoms with Crippen LogP contribution < -0.4 is 0 Å². The molecule has 2 nitrogen and oxygen atoms in total. The first-order valence-corrected chi connectivity index (χ1v) is 5.32. The molecule has 0 radical (unpaired) electrons. The third kappa shape index (κ3) is 1.65. The summed E-state index contributed by atoms with van der Waals surface area (Å²) >= 11 is 0. The molecular formula is C13H18N2. The van der Waals surface area contributed by atoms with Gasteiger partial charge in [-0.15, -0.1) is 0 Å². The van der Waals surface area contributed by atoms with Crippen LogP contribution in [0, 0.1) is 6.92 Å². The van der Waals surface area contributed by atoms with Gasteiger partial charge in [-0.3, -0.25) is 0 Å². The van der Waals surface area contributed by atoms with Crippen molar-refractivity contribution in [2.75, 3.05) is 0 Å². The molecule has 0 unspecified atom stereocenters. The molecule has 0 fully saturated rings. The topological polar surface area (TPSA) is 17.8 Å². The van der Waals surface area contributed by atoms with Crippen LogP contribution in [-0.2, 0) is 12.5 Å². The van der Waals surface area contributed by atoms with E-state index < -0.39 is 0 Å². The summed E-state index contributed by atoms with van der Waals surface area (Å²) in [6.07, 6.45) is 4.12. The molecule has 0 aliphatic carbocycles. The molecule has 2 heterocycles. The molecule has 0 saturated carbocycles. The first kappa shape index (κ1) is 10.2. The Balaban J connectivity index is 2.81. The van der Waals surface area contributed by atoms with Gasteiger partial charge in [0.15, 0.2) is 0 Å². The number of nitrogens with zero attached hydrogens (tertiary/aromatic N) is 2. The molecular weight excluding hydrogens is 184 g/mol. The molecule has 2 aromatic rings. The van der Waals surface area contributed by atoms with E-state index in [-0.39, 0.29) is 5.41 Å². The second-order valence-electron chi connectivity index (χ2n) is 5.29. The van der Waals surface area contributed by atoms with Gasteiger partial charge in [0.05, 0.1) is 0 Å². The summed E-state index contributed by atoms with van der Waals surface area (Å²) in [5.74, 6) is 0. The van der Waals surface area contributed by atoms with Crippen molar-refractivity contribution in [3.63, 3.8) is 0 Å². The van der Waals surface area contributed by atoms with Gasteiger partial charge in [0.2, 0.25) is 0 Å². The Morgan fingerprint density at radius 3 is 2.53 bits per heavy atom. The van der Waals surface area contributed by atoms with E-state index in [0.29, 0.717) is 0 Å². The van der Waals surface area contributed by atoms with Crippen LogP contribution in [0.4, 0.5) is 0 Å². The quantitative estimate of drug-likeness (QED) is 0.641. The van der Waals surface area contributed by atoms with Gasteiger partial charge >= 0.3 is 0 Å². The van der Waals surface area contributed by atoms with Crippen LogP contribution in [-0.4, -0.2) is 9.55 Å². The van der Waals surface area contributed by atoms with Gasteiger partial charge in [-0.25, -0.2) is 4.98 Å². The molecule has 0 atom stereocenters. The number of pyridine rings is 1. The van der Waals surface area contributed by atoms with Gasteiger partial charge in [0.1, 0.15) is 5.65 Å². The summed E-state index contributed by atoms with van der Waals surface area (Å²) in [7, 11) is 2.06. The molecule has 0 spiro atoms. The summed E-state index contributed by atoms with van der Waals surface area (Å²) in [6.45, 7) is 8.81. The Morgan fingerprint density at radius 1 is 1.27 bits per heavy atom. The minimum Gasteiger partial charge on any atom is -0.335 e. The van der Waals surface area contributed by atoms with E-state index in [2.05, 4.69) is 56.6 Å². The van der Waals surface area contributed by atoms with Crippen LogP contribution in [0.15, 0.2) is 18.5 Å². The highest BCUT2D eigenvalue weighted by atomic mass is 15.0. The van der Waals surface area contributed by atoms with Gasteiger partial charge in [-0.2, -0.15) is 0 Å². The molecule has 2 heteroatoms. The zero-order chi connectivity index (χ0) is 11.2. The predicted molar refractivity (Wildman–Crippen MR) is 64.2 cm³/mol. The van der Waals surface area contributed by atoms with E-state index in [1.54, 1.807) is 0 Å². The average Bonchev–Trinajstić information content (AvgIpc) is 2.42. The largest absolute Gasteiger partial charge is 0.335 e. The van der Waals surface area contributed by atoms with Crippen molar-refractivity contribution in [3.8, 4) is 0 Å². The van der Waals surface area contributed by atoms with Crippen LogP contribution in [0.25, 0.3) is 11.0 Å². The number of aryl methyl sites for hydroxylation is 2. The van der Waals surface area contributed by atoms with Crippen molar-refractivity contribution in [2.24, 2.45) is 7.05 Å². The van der Waals surface area contributed by atoms with E-state index in [4.69, 9.17) is 0 Å². The first-order chi connectivity index (χ1) is 6.89. The molecule has 0 aromatic carbocycles. The number of hydrogen-bond acceptors (Lipinski definition) is 1. The van der Waals surface area contributed by atoms with Gasteiger partial charge in [-0.1, -0.05) is 20.8 Å². The maximum absolute atomic E-state index is 4.48. The molecule has 2 aromatic heterocycles. The Labute approximate surface area is 90.9 Å². The predicted octanol–water partition coefficient (Wildman–Crippen LogP) is 3.18. The lowest BCUT2D eigenvalue weighted by atomic mass is 9.87. The highest BCUT2D eigenvalue weighted by Gasteiger charge is 2.19.